The molecule has 8 N–H and O–H groups in total. The van der Waals surface area contributed by atoms with E-state index >= 15 is 0 Å². The molecule has 0 aromatic heterocycles. The second kappa shape index (κ2) is 12.2. The number of methoxy groups -OCH3 is 1. The number of likely N-dealkylation sites (tertiary alicyclic amines) is 1. The number of hydrogen-bond acceptors (Lipinski definition) is 8. The van der Waals surface area contributed by atoms with Gasteiger partial charge in [0.1, 0.15) is 11.7 Å². The van der Waals surface area contributed by atoms with Crippen LogP contribution in [0, 0.1) is 17.3 Å². The maximum Gasteiger partial charge on any atom is 0.415 e. The van der Waals surface area contributed by atoms with Gasteiger partial charge in [0.25, 0.3) is 0 Å². The van der Waals surface area contributed by atoms with Crippen LogP contribution in [0.25, 0.3) is 0 Å². The van der Waals surface area contributed by atoms with Crippen LogP contribution in [-0.2, 0) is 21.4 Å². The summed E-state index contributed by atoms with van der Waals surface area (Å²) in [7, 11) is 5.92. The largest absolute Gasteiger partial charge is 0.482 e. The summed E-state index contributed by atoms with van der Waals surface area (Å²) in [5, 5.41) is 14.6. The van der Waals surface area contributed by atoms with Crippen molar-refractivity contribution in [3.8, 4) is 11.5 Å². The highest BCUT2D eigenvalue weighted by Gasteiger charge is 2.84. The Balaban J connectivity index is 1.13. The van der Waals surface area contributed by atoms with Crippen LogP contribution in [0.4, 0.5) is 4.79 Å². The molecular weight excluding hydrogens is 638 g/mol. The van der Waals surface area contributed by atoms with Gasteiger partial charge in [-0.1, -0.05) is 6.07 Å². The van der Waals surface area contributed by atoms with Crippen LogP contribution >= 0.6 is 0 Å². The van der Waals surface area contributed by atoms with Gasteiger partial charge in [-0.05, 0) is 70.4 Å². The number of nitrogens with two attached hydrogens (primary N) is 3. The Morgan fingerprint density at radius 1 is 1.24 bits per heavy atom. The number of benzene rings is 1. The Hall–Kier alpha value is -3.13. The number of quaternary nitrogens is 1. The summed E-state index contributed by atoms with van der Waals surface area (Å²) >= 11 is 0. The van der Waals surface area contributed by atoms with E-state index in [0.717, 1.165) is 49.0 Å². The number of piperidine rings is 1. The number of guanidine groups is 1. The highest BCUT2D eigenvalue weighted by Crippen LogP contribution is 2.78. The van der Waals surface area contributed by atoms with E-state index in [2.05, 4.69) is 23.4 Å². The third-order valence-corrected chi connectivity index (χ3v) is 13.8. The number of hydrogen-bond donors (Lipinski definition) is 5. The average Bonchev–Trinajstić information content (AvgIpc) is 3.80. The molecule has 1 aromatic carbocycles. The van der Waals surface area contributed by atoms with Crippen molar-refractivity contribution in [2.75, 3.05) is 53.9 Å². The molecule has 2 heterocycles. The van der Waals surface area contributed by atoms with E-state index in [-0.39, 0.29) is 47.8 Å². The Labute approximate surface area is 295 Å². The molecule has 4 bridgehead atoms. The molecule has 2 spiro atoms. The molecule has 7 aliphatic rings. The van der Waals surface area contributed by atoms with Gasteiger partial charge in [0.15, 0.2) is 17.5 Å². The zero-order valence-corrected chi connectivity index (χ0v) is 30.5. The standard InChI is InChI=1S/C37H57N7O6/c1-34(2,47)26-20-35-12-13-37(26,48-5)31-36(35)14-18-44(4,21-22-8-9-22)27(35)19-23-10-11-25(29(50-31)28(23)36)49-33(46)43(3)17-16-41-30(45)24(38)7-6-15-42-32(39)40/h10-11,22,24,26-27,31,47H,6-9,12-21,38H2,1-5H3,(H4-,39,40,41,42,45)/p+1/t24-,26+,27-,31+,35+,36-,37+,44?/m0/s1. The van der Waals surface area contributed by atoms with Crippen molar-refractivity contribution in [2.24, 2.45) is 39.4 Å². The molecule has 1 unspecified atom stereocenters. The molecule has 5 aliphatic carbocycles. The van der Waals surface area contributed by atoms with E-state index in [4.69, 9.17) is 31.4 Å². The van der Waals surface area contributed by atoms with Gasteiger partial charge in [-0.25, -0.2) is 4.79 Å². The smallest absolute Gasteiger partial charge is 0.415 e. The molecule has 5 fully saturated rings. The van der Waals surface area contributed by atoms with Crippen molar-refractivity contribution >= 4 is 18.0 Å². The van der Waals surface area contributed by atoms with Crippen LogP contribution in [0.15, 0.2) is 17.1 Å². The summed E-state index contributed by atoms with van der Waals surface area (Å²) in [6, 6.07) is 3.77. The molecule has 4 saturated carbocycles. The van der Waals surface area contributed by atoms with Crippen molar-refractivity contribution in [3.63, 3.8) is 0 Å². The molecule has 8 rings (SSSR count). The predicted molar refractivity (Wildman–Crippen MR) is 189 cm³/mol. The second-order valence-electron chi connectivity index (χ2n) is 17.1. The van der Waals surface area contributed by atoms with Crippen LogP contribution < -0.4 is 32.0 Å². The minimum atomic E-state index is -0.956. The monoisotopic (exact) mass is 696 g/mol. The first-order chi connectivity index (χ1) is 23.6. The van der Waals surface area contributed by atoms with E-state index in [1.807, 2.05) is 19.9 Å². The SMILES string of the molecule is CO[C@]12CC[C@@]3(C[C@@H]1C(C)(C)O)[C@@H]1Cc4ccc(OC(=O)N(C)CCNC(=O)[C@@H](N)CCCN=C(N)N)c5c4[C@@]3(CC[N+]1(C)CC1CC1)[C@H]2O5. The minimum absolute atomic E-state index is 0.00890. The number of nitrogens with one attached hydrogen (secondary N) is 1. The molecule has 8 atom stereocenters. The van der Waals surface area contributed by atoms with Gasteiger partial charge < -0.3 is 51.2 Å². The van der Waals surface area contributed by atoms with E-state index in [9.17, 15) is 14.7 Å². The Morgan fingerprint density at radius 2 is 2.00 bits per heavy atom. The van der Waals surface area contributed by atoms with Crippen LogP contribution in [0.5, 0.6) is 11.5 Å². The number of carbonyl (C=O) groups is 2. The normalized spacial score (nSPS) is 35.1. The summed E-state index contributed by atoms with van der Waals surface area (Å²) in [6.07, 6.45) is 7.54. The molecule has 2 aliphatic heterocycles. The summed E-state index contributed by atoms with van der Waals surface area (Å²) in [5.41, 5.74) is 17.2. The first-order valence-electron chi connectivity index (χ1n) is 18.6. The fraction of sp³-hybridized carbons (Fsp3) is 0.757. The summed E-state index contributed by atoms with van der Waals surface area (Å²) in [4.78, 5) is 31.4. The number of fused-ring (bicyclic) bond motifs is 2. The van der Waals surface area contributed by atoms with Crippen LogP contribution in [-0.4, -0.2) is 116 Å². The second-order valence-corrected chi connectivity index (χ2v) is 17.1. The number of amides is 2. The lowest BCUT2D eigenvalue weighted by Crippen LogP contribution is -2.84. The number of carbonyl (C=O) groups excluding carboxylic acids is 2. The lowest BCUT2D eigenvalue weighted by molar-refractivity contribution is -0.952. The van der Waals surface area contributed by atoms with Gasteiger partial charge >= 0.3 is 6.09 Å². The molecule has 1 aromatic rings. The fourth-order valence-electron chi connectivity index (χ4n) is 11.4. The molecular formula is C37H58N7O6+. The van der Waals surface area contributed by atoms with E-state index in [1.165, 1.54) is 35.4 Å². The third kappa shape index (κ3) is 5.28. The molecule has 13 heteroatoms. The molecule has 0 radical (unpaired) electrons. The van der Waals surface area contributed by atoms with Gasteiger partial charge in [-0.3, -0.25) is 9.79 Å². The average molecular weight is 697 g/mol. The summed E-state index contributed by atoms with van der Waals surface area (Å²) in [5.74, 6) is 1.49. The van der Waals surface area contributed by atoms with Crippen molar-refractivity contribution in [2.45, 2.75) is 106 Å². The number of ether oxygens (including phenoxy) is 3. The van der Waals surface area contributed by atoms with Gasteiger partial charge in [0.2, 0.25) is 5.91 Å². The molecule has 50 heavy (non-hydrogen) atoms. The Bertz CT molecular complexity index is 1560. The highest BCUT2D eigenvalue weighted by molar-refractivity contribution is 5.81. The van der Waals surface area contributed by atoms with Gasteiger partial charge in [-0.2, -0.15) is 0 Å². The van der Waals surface area contributed by atoms with Crippen molar-refractivity contribution in [3.05, 3.63) is 23.3 Å². The number of nitrogens with zero attached hydrogens (tertiary/aromatic N) is 3. The van der Waals surface area contributed by atoms with Crippen molar-refractivity contribution in [1.29, 1.82) is 0 Å². The predicted octanol–water partition coefficient (Wildman–Crippen LogP) is 1.75. The molecule has 276 valence electrons. The minimum Gasteiger partial charge on any atom is -0.482 e. The lowest BCUT2D eigenvalue weighted by atomic mass is 9.33. The fourth-order valence-corrected chi connectivity index (χ4v) is 11.4. The first kappa shape index (κ1) is 35.3. The Morgan fingerprint density at radius 3 is 2.68 bits per heavy atom. The van der Waals surface area contributed by atoms with Crippen LogP contribution in [0.3, 0.4) is 0 Å². The molecule has 13 nitrogen and oxygen atoms in total. The van der Waals surface area contributed by atoms with E-state index in [1.54, 1.807) is 14.2 Å². The number of likely N-dealkylation sites (N-methyl/N-ethyl adjacent to an activating group) is 2. The molecule has 1 saturated heterocycles. The van der Waals surface area contributed by atoms with Crippen LogP contribution in [0.1, 0.15) is 76.3 Å². The third-order valence-electron chi connectivity index (χ3n) is 13.8. The van der Waals surface area contributed by atoms with E-state index < -0.39 is 23.3 Å². The summed E-state index contributed by atoms with van der Waals surface area (Å²) < 4.78 is 20.9. The zero-order valence-electron chi connectivity index (χ0n) is 30.5. The quantitative estimate of drug-likeness (QED) is 0.0887. The number of aliphatic hydroxyl groups is 1. The van der Waals surface area contributed by atoms with Crippen molar-refractivity contribution in [1.82, 2.24) is 10.2 Å². The van der Waals surface area contributed by atoms with E-state index in [0.29, 0.717) is 36.9 Å². The number of rotatable bonds is 13. The summed E-state index contributed by atoms with van der Waals surface area (Å²) in [6.45, 7) is 7.02. The topological polar surface area (TPSA) is 188 Å². The molecule has 2 amide bonds. The Kier molecular flexibility index (Phi) is 8.64. The van der Waals surface area contributed by atoms with Crippen molar-refractivity contribution < 1.29 is 33.4 Å². The first-order valence-corrected chi connectivity index (χ1v) is 18.6. The lowest BCUT2D eigenvalue weighted by Gasteiger charge is -2.75. The number of aliphatic imine (C=N–C) groups is 1. The maximum atomic E-state index is 13.5. The maximum absolute atomic E-state index is 13.5. The zero-order chi connectivity index (χ0) is 35.9. The van der Waals surface area contributed by atoms with Gasteiger partial charge in [0, 0.05) is 69.4 Å². The van der Waals surface area contributed by atoms with Gasteiger partial charge in [-0.15, -0.1) is 0 Å². The van der Waals surface area contributed by atoms with Crippen LogP contribution in [0.2, 0.25) is 0 Å². The highest BCUT2D eigenvalue weighted by atomic mass is 16.6. The van der Waals surface area contributed by atoms with Gasteiger partial charge in [0.05, 0.1) is 43.2 Å².